The molecule has 1 amide bonds. The summed E-state index contributed by atoms with van der Waals surface area (Å²) in [7, 11) is 0. The van der Waals surface area contributed by atoms with E-state index in [-0.39, 0.29) is 11.7 Å². The van der Waals surface area contributed by atoms with Crippen molar-refractivity contribution in [1.29, 1.82) is 0 Å². The second-order valence-electron chi connectivity index (χ2n) is 6.04. The van der Waals surface area contributed by atoms with Crippen molar-refractivity contribution in [3.05, 3.63) is 68.4 Å². The Labute approximate surface area is 165 Å². The van der Waals surface area contributed by atoms with Gasteiger partial charge in [-0.2, -0.15) is 0 Å². The third kappa shape index (κ3) is 4.01. The smallest absolute Gasteiger partial charge is 0.255 e. The topological polar surface area (TPSA) is 75.3 Å². The Hall–Kier alpha value is -2.48. The van der Waals surface area contributed by atoms with E-state index in [1.807, 2.05) is 13.0 Å². The van der Waals surface area contributed by atoms with Crippen LogP contribution in [-0.2, 0) is 4.79 Å². The molecule has 6 heteroatoms. The van der Waals surface area contributed by atoms with Gasteiger partial charge in [-0.3, -0.25) is 14.4 Å². The van der Waals surface area contributed by atoms with Gasteiger partial charge in [0.1, 0.15) is 6.29 Å². The summed E-state index contributed by atoms with van der Waals surface area (Å²) in [5, 5.41) is 6.11. The van der Waals surface area contributed by atoms with Crippen molar-refractivity contribution >= 4 is 51.9 Å². The lowest BCUT2D eigenvalue weighted by Crippen LogP contribution is -2.12. The standard InChI is InChI=1S/C20H17IN2O3/c1-12-17(8-9-19(12)25)23-18-7-4-14(10-16(18)21)20(26)22-15-5-2-13(11-24)3-6-15/h2-7,10-11,23H,8-9H2,1H3,(H,22,26). The highest BCUT2D eigenvalue weighted by molar-refractivity contribution is 14.1. The fraction of sp³-hybridized carbons (Fsp3) is 0.150. The third-order valence-electron chi connectivity index (χ3n) is 4.29. The van der Waals surface area contributed by atoms with Gasteiger partial charge in [-0.15, -0.1) is 0 Å². The van der Waals surface area contributed by atoms with Gasteiger partial charge in [0, 0.05) is 38.1 Å². The van der Waals surface area contributed by atoms with Gasteiger partial charge >= 0.3 is 0 Å². The first-order chi connectivity index (χ1) is 12.5. The Morgan fingerprint density at radius 3 is 2.42 bits per heavy atom. The Kier molecular flexibility index (Phi) is 5.51. The molecule has 0 heterocycles. The summed E-state index contributed by atoms with van der Waals surface area (Å²) in [6.45, 7) is 1.84. The highest BCUT2D eigenvalue weighted by atomic mass is 127. The van der Waals surface area contributed by atoms with Crippen LogP contribution in [0.25, 0.3) is 0 Å². The summed E-state index contributed by atoms with van der Waals surface area (Å²) >= 11 is 2.17. The van der Waals surface area contributed by atoms with Crippen LogP contribution >= 0.6 is 22.6 Å². The van der Waals surface area contributed by atoms with Gasteiger partial charge in [0.2, 0.25) is 0 Å². The second-order valence-corrected chi connectivity index (χ2v) is 7.20. The molecule has 0 saturated carbocycles. The highest BCUT2D eigenvalue weighted by Gasteiger charge is 2.20. The lowest BCUT2D eigenvalue weighted by molar-refractivity contribution is -0.114. The van der Waals surface area contributed by atoms with E-state index in [1.165, 1.54) is 0 Å². The predicted octanol–water partition coefficient (Wildman–Crippen LogP) is 4.40. The number of anilines is 2. The molecule has 5 nitrogen and oxygen atoms in total. The number of carbonyl (C=O) groups is 3. The molecule has 0 spiro atoms. The second kappa shape index (κ2) is 7.82. The zero-order valence-electron chi connectivity index (χ0n) is 14.1. The van der Waals surface area contributed by atoms with Crippen molar-refractivity contribution in [3.63, 3.8) is 0 Å². The minimum Gasteiger partial charge on any atom is -0.358 e. The number of halogens is 1. The molecule has 26 heavy (non-hydrogen) atoms. The lowest BCUT2D eigenvalue weighted by Gasteiger charge is -2.12. The van der Waals surface area contributed by atoms with E-state index in [9.17, 15) is 14.4 Å². The maximum absolute atomic E-state index is 12.4. The van der Waals surface area contributed by atoms with Crippen LogP contribution in [0.2, 0.25) is 0 Å². The van der Waals surface area contributed by atoms with Crippen LogP contribution in [0, 0.1) is 3.57 Å². The van der Waals surface area contributed by atoms with Crippen molar-refractivity contribution in [3.8, 4) is 0 Å². The average molecular weight is 460 g/mol. The summed E-state index contributed by atoms with van der Waals surface area (Å²) in [5.74, 6) is -0.0427. The summed E-state index contributed by atoms with van der Waals surface area (Å²) in [4.78, 5) is 34.7. The molecule has 0 radical (unpaired) electrons. The lowest BCUT2D eigenvalue weighted by atomic mass is 10.1. The summed E-state index contributed by atoms with van der Waals surface area (Å²) in [6, 6.07) is 12.1. The minimum atomic E-state index is -0.222. The quantitative estimate of drug-likeness (QED) is 0.513. The van der Waals surface area contributed by atoms with Gasteiger partial charge in [0.05, 0.1) is 5.69 Å². The Morgan fingerprint density at radius 1 is 1.12 bits per heavy atom. The first kappa shape index (κ1) is 18.3. The van der Waals surface area contributed by atoms with Crippen LogP contribution < -0.4 is 10.6 Å². The Bertz CT molecular complexity index is 917. The van der Waals surface area contributed by atoms with Crippen LogP contribution in [0.15, 0.2) is 53.7 Å². The molecule has 3 rings (SSSR count). The van der Waals surface area contributed by atoms with E-state index in [1.54, 1.807) is 36.4 Å². The Morgan fingerprint density at radius 2 is 1.85 bits per heavy atom. The number of Topliss-reactive ketones (excluding diaryl/α,β-unsaturated/α-hetero) is 1. The number of amides is 1. The average Bonchev–Trinajstić information content (AvgIpc) is 2.96. The van der Waals surface area contributed by atoms with E-state index >= 15 is 0 Å². The fourth-order valence-corrected chi connectivity index (χ4v) is 3.36. The molecule has 2 N–H and O–H groups in total. The number of nitrogens with one attached hydrogen (secondary N) is 2. The van der Waals surface area contributed by atoms with Gasteiger partial charge in [0.25, 0.3) is 5.91 Å². The zero-order chi connectivity index (χ0) is 18.7. The monoisotopic (exact) mass is 460 g/mol. The first-order valence-corrected chi connectivity index (χ1v) is 9.22. The van der Waals surface area contributed by atoms with Gasteiger partial charge in [-0.25, -0.2) is 0 Å². The van der Waals surface area contributed by atoms with Crippen molar-refractivity contribution in [2.24, 2.45) is 0 Å². The van der Waals surface area contributed by atoms with E-state index in [0.717, 1.165) is 33.2 Å². The number of ketones is 1. The fourth-order valence-electron chi connectivity index (χ4n) is 2.71. The van der Waals surface area contributed by atoms with Crippen molar-refractivity contribution in [2.75, 3.05) is 10.6 Å². The number of hydrogen-bond acceptors (Lipinski definition) is 4. The molecular weight excluding hydrogens is 443 g/mol. The van der Waals surface area contributed by atoms with Crippen LogP contribution in [-0.4, -0.2) is 18.0 Å². The molecule has 0 aromatic heterocycles. The maximum atomic E-state index is 12.4. The molecular formula is C20H17IN2O3. The molecule has 1 aliphatic rings. The van der Waals surface area contributed by atoms with Gasteiger partial charge in [-0.05, 0) is 78.4 Å². The SMILES string of the molecule is CC1=C(Nc2ccc(C(=O)Nc3ccc(C=O)cc3)cc2I)CCC1=O. The van der Waals surface area contributed by atoms with Gasteiger partial charge < -0.3 is 10.6 Å². The molecule has 0 saturated heterocycles. The normalized spacial score (nSPS) is 13.7. The summed E-state index contributed by atoms with van der Waals surface area (Å²) in [6.07, 6.45) is 2.03. The molecule has 0 unspecified atom stereocenters. The molecule has 132 valence electrons. The number of rotatable bonds is 5. The zero-order valence-corrected chi connectivity index (χ0v) is 16.3. The van der Waals surface area contributed by atoms with E-state index < -0.39 is 0 Å². The first-order valence-electron chi connectivity index (χ1n) is 8.14. The molecule has 2 aromatic rings. The number of hydrogen-bond donors (Lipinski definition) is 2. The number of aldehydes is 1. The van der Waals surface area contributed by atoms with Gasteiger partial charge in [-0.1, -0.05) is 0 Å². The summed E-state index contributed by atoms with van der Waals surface area (Å²) in [5.41, 5.74) is 4.32. The van der Waals surface area contributed by atoms with E-state index in [0.29, 0.717) is 23.2 Å². The van der Waals surface area contributed by atoms with Crippen molar-refractivity contribution < 1.29 is 14.4 Å². The highest BCUT2D eigenvalue weighted by Crippen LogP contribution is 2.27. The summed E-state index contributed by atoms with van der Waals surface area (Å²) < 4.78 is 0.895. The largest absolute Gasteiger partial charge is 0.358 e. The number of allylic oxidation sites excluding steroid dienone is 2. The van der Waals surface area contributed by atoms with Crippen LogP contribution in [0.3, 0.4) is 0 Å². The van der Waals surface area contributed by atoms with Gasteiger partial charge in [0.15, 0.2) is 5.78 Å². The van der Waals surface area contributed by atoms with Crippen molar-refractivity contribution in [2.45, 2.75) is 19.8 Å². The number of carbonyl (C=O) groups excluding carboxylic acids is 3. The van der Waals surface area contributed by atoms with Crippen LogP contribution in [0.5, 0.6) is 0 Å². The molecule has 0 aliphatic heterocycles. The Balaban J connectivity index is 1.73. The van der Waals surface area contributed by atoms with Crippen LogP contribution in [0.4, 0.5) is 11.4 Å². The molecule has 0 bridgehead atoms. The number of benzene rings is 2. The van der Waals surface area contributed by atoms with Crippen molar-refractivity contribution in [1.82, 2.24) is 0 Å². The molecule has 1 aliphatic carbocycles. The minimum absolute atomic E-state index is 0.180. The van der Waals surface area contributed by atoms with E-state index in [4.69, 9.17) is 0 Å². The maximum Gasteiger partial charge on any atom is 0.255 e. The molecule has 0 fully saturated rings. The third-order valence-corrected chi connectivity index (χ3v) is 5.19. The van der Waals surface area contributed by atoms with E-state index in [2.05, 4.69) is 33.2 Å². The molecule has 0 atom stereocenters. The van der Waals surface area contributed by atoms with Crippen LogP contribution in [0.1, 0.15) is 40.5 Å². The predicted molar refractivity (Wildman–Crippen MR) is 110 cm³/mol. The molecule has 2 aromatic carbocycles.